The van der Waals surface area contributed by atoms with Gasteiger partial charge in [0.05, 0.1) is 0 Å². The van der Waals surface area contributed by atoms with Crippen LogP contribution in [0.4, 0.5) is 5.69 Å². The first-order valence-corrected chi connectivity index (χ1v) is 5.66. The Kier molecular flexibility index (Phi) is 1.79. The third-order valence-corrected chi connectivity index (χ3v) is 3.91. The highest BCUT2D eigenvalue weighted by Gasteiger charge is 2.34. The van der Waals surface area contributed by atoms with Gasteiger partial charge in [-0.15, -0.1) is 0 Å². The Bertz CT molecular complexity index is 345. The third-order valence-electron chi connectivity index (χ3n) is 3.91. The van der Waals surface area contributed by atoms with Gasteiger partial charge in [0.1, 0.15) is 0 Å². The van der Waals surface area contributed by atoms with E-state index in [0.29, 0.717) is 0 Å². The van der Waals surface area contributed by atoms with Crippen LogP contribution < -0.4 is 4.90 Å². The van der Waals surface area contributed by atoms with Gasteiger partial charge in [-0.3, -0.25) is 0 Å². The number of para-hydroxylation sites is 1. The predicted octanol–water partition coefficient (Wildman–Crippen LogP) is 3.02. The van der Waals surface area contributed by atoms with Crippen LogP contribution in [0.25, 0.3) is 0 Å². The van der Waals surface area contributed by atoms with Crippen molar-refractivity contribution >= 4 is 5.69 Å². The first kappa shape index (κ1) is 8.34. The molecule has 0 N–H and O–H groups in total. The Morgan fingerprint density at radius 2 is 2.07 bits per heavy atom. The standard InChI is InChI=1S/C13H17N/c1-14-9-10-5-4-7-11(10)12-6-2-3-8-13(12)14/h2-3,6,8,10-11H,4-5,7,9H2,1H3/t10-,11+/m0/s1. The average molecular weight is 187 g/mol. The van der Waals surface area contributed by atoms with Crippen LogP contribution in [0, 0.1) is 5.92 Å². The lowest BCUT2D eigenvalue weighted by Crippen LogP contribution is -2.32. The van der Waals surface area contributed by atoms with E-state index in [0.717, 1.165) is 11.8 Å². The van der Waals surface area contributed by atoms with Gasteiger partial charge in [0.15, 0.2) is 0 Å². The second-order valence-corrected chi connectivity index (χ2v) is 4.74. The zero-order valence-electron chi connectivity index (χ0n) is 8.74. The van der Waals surface area contributed by atoms with Gasteiger partial charge in [-0.25, -0.2) is 0 Å². The van der Waals surface area contributed by atoms with Crippen LogP contribution in [0.3, 0.4) is 0 Å². The molecule has 3 rings (SSSR count). The molecule has 14 heavy (non-hydrogen) atoms. The lowest BCUT2D eigenvalue weighted by atomic mass is 9.84. The minimum atomic E-state index is 0.863. The summed E-state index contributed by atoms with van der Waals surface area (Å²) in [6.07, 6.45) is 4.27. The van der Waals surface area contributed by atoms with Gasteiger partial charge in [0.25, 0.3) is 0 Å². The maximum atomic E-state index is 2.43. The molecule has 0 unspecified atom stereocenters. The Hall–Kier alpha value is -0.980. The maximum Gasteiger partial charge on any atom is 0.0399 e. The summed E-state index contributed by atoms with van der Waals surface area (Å²) in [6.45, 7) is 1.27. The van der Waals surface area contributed by atoms with Crippen molar-refractivity contribution in [2.75, 3.05) is 18.5 Å². The molecule has 1 fully saturated rings. The number of benzene rings is 1. The fourth-order valence-corrected chi connectivity index (χ4v) is 3.26. The number of hydrogen-bond acceptors (Lipinski definition) is 1. The Morgan fingerprint density at radius 1 is 1.21 bits per heavy atom. The molecule has 0 aromatic heterocycles. The highest BCUT2D eigenvalue weighted by Crippen LogP contribution is 2.46. The maximum absolute atomic E-state index is 2.43. The van der Waals surface area contributed by atoms with Gasteiger partial charge in [0, 0.05) is 19.3 Å². The second-order valence-electron chi connectivity index (χ2n) is 4.74. The lowest BCUT2D eigenvalue weighted by molar-refractivity contribution is 0.465. The first-order valence-electron chi connectivity index (χ1n) is 5.66. The molecule has 0 spiro atoms. The Morgan fingerprint density at radius 3 is 3.00 bits per heavy atom. The number of rotatable bonds is 0. The number of hydrogen-bond donors (Lipinski definition) is 0. The molecule has 1 aliphatic heterocycles. The fraction of sp³-hybridized carbons (Fsp3) is 0.538. The lowest BCUT2D eigenvalue weighted by Gasteiger charge is -2.36. The van der Waals surface area contributed by atoms with Crippen molar-refractivity contribution < 1.29 is 0 Å². The SMILES string of the molecule is CN1C[C@@H]2CCC[C@H]2c2ccccc21. The van der Waals surface area contributed by atoms with E-state index in [-0.39, 0.29) is 0 Å². The van der Waals surface area contributed by atoms with Crippen LogP contribution >= 0.6 is 0 Å². The highest BCUT2D eigenvalue weighted by atomic mass is 15.1. The minimum Gasteiger partial charge on any atom is -0.374 e. The van der Waals surface area contributed by atoms with Gasteiger partial charge in [-0.1, -0.05) is 24.6 Å². The van der Waals surface area contributed by atoms with Gasteiger partial charge in [-0.05, 0) is 36.3 Å². The predicted molar refractivity (Wildman–Crippen MR) is 59.8 cm³/mol. The summed E-state index contributed by atoms with van der Waals surface area (Å²) in [7, 11) is 2.23. The topological polar surface area (TPSA) is 3.24 Å². The van der Waals surface area contributed by atoms with E-state index in [4.69, 9.17) is 0 Å². The van der Waals surface area contributed by atoms with E-state index in [1.165, 1.54) is 31.5 Å². The van der Waals surface area contributed by atoms with Gasteiger partial charge < -0.3 is 4.90 Å². The van der Waals surface area contributed by atoms with Crippen molar-refractivity contribution in [3.05, 3.63) is 29.8 Å². The molecule has 1 heterocycles. The van der Waals surface area contributed by atoms with Gasteiger partial charge in [-0.2, -0.15) is 0 Å². The van der Waals surface area contributed by atoms with E-state index in [1.807, 2.05) is 0 Å². The molecule has 0 saturated heterocycles. The number of nitrogens with zero attached hydrogens (tertiary/aromatic N) is 1. The van der Waals surface area contributed by atoms with E-state index in [1.54, 1.807) is 5.56 Å². The van der Waals surface area contributed by atoms with Crippen LogP contribution in [-0.4, -0.2) is 13.6 Å². The summed E-state index contributed by atoms with van der Waals surface area (Å²) in [4.78, 5) is 2.43. The Labute approximate surface area is 85.7 Å². The second kappa shape index (κ2) is 3.01. The molecule has 1 saturated carbocycles. The molecule has 0 amide bonds. The summed E-state index contributed by atoms with van der Waals surface area (Å²) in [6, 6.07) is 8.94. The van der Waals surface area contributed by atoms with Crippen molar-refractivity contribution in [3.8, 4) is 0 Å². The smallest absolute Gasteiger partial charge is 0.0399 e. The van der Waals surface area contributed by atoms with E-state index < -0.39 is 0 Å². The first-order chi connectivity index (χ1) is 6.86. The summed E-state index contributed by atoms with van der Waals surface area (Å²) in [5.74, 6) is 1.79. The molecule has 1 aromatic rings. The van der Waals surface area contributed by atoms with Crippen LogP contribution in [0.1, 0.15) is 30.7 Å². The molecular weight excluding hydrogens is 170 g/mol. The van der Waals surface area contributed by atoms with Crippen LogP contribution in [0.15, 0.2) is 24.3 Å². The molecule has 1 aromatic carbocycles. The van der Waals surface area contributed by atoms with Crippen LogP contribution in [0.5, 0.6) is 0 Å². The molecule has 0 radical (unpaired) electrons. The summed E-state index contributed by atoms with van der Waals surface area (Å²) in [5.41, 5.74) is 3.07. The normalized spacial score (nSPS) is 29.9. The quantitative estimate of drug-likeness (QED) is 0.603. The zero-order valence-corrected chi connectivity index (χ0v) is 8.74. The summed E-state index contributed by atoms with van der Waals surface area (Å²) in [5, 5.41) is 0. The van der Waals surface area contributed by atoms with Crippen molar-refractivity contribution in [2.24, 2.45) is 5.92 Å². The molecule has 1 aliphatic carbocycles. The van der Waals surface area contributed by atoms with Crippen LogP contribution in [-0.2, 0) is 0 Å². The van der Waals surface area contributed by atoms with Gasteiger partial charge >= 0.3 is 0 Å². The minimum absolute atomic E-state index is 0.863. The van der Waals surface area contributed by atoms with E-state index in [2.05, 4.69) is 36.2 Å². The van der Waals surface area contributed by atoms with Crippen LogP contribution in [0.2, 0.25) is 0 Å². The molecular formula is C13H17N. The van der Waals surface area contributed by atoms with Crippen molar-refractivity contribution in [1.29, 1.82) is 0 Å². The largest absolute Gasteiger partial charge is 0.374 e. The van der Waals surface area contributed by atoms with Crippen molar-refractivity contribution in [2.45, 2.75) is 25.2 Å². The molecule has 74 valence electrons. The summed E-state index contributed by atoms with van der Waals surface area (Å²) >= 11 is 0. The van der Waals surface area contributed by atoms with E-state index in [9.17, 15) is 0 Å². The summed E-state index contributed by atoms with van der Waals surface area (Å²) < 4.78 is 0. The van der Waals surface area contributed by atoms with Gasteiger partial charge in [0.2, 0.25) is 0 Å². The van der Waals surface area contributed by atoms with Crippen molar-refractivity contribution in [3.63, 3.8) is 0 Å². The number of fused-ring (bicyclic) bond motifs is 3. The average Bonchev–Trinajstić information content (AvgIpc) is 2.66. The molecule has 1 nitrogen and oxygen atoms in total. The molecule has 1 heteroatoms. The van der Waals surface area contributed by atoms with Crippen molar-refractivity contribution in [1.82, 2.24) is 0 Å². The number of anilines is 1. The molecule has 2 atom stereocenters. The van der Waals surface area contributed by atoms with E-state index >= 15 is 0 Å². The zero-order chi connectivity index (χ0) is 9.54. The Balaban J connectivity index is 2.09. The highest BCUT2D eigenvalue weighted by molar-refractivity contribution is 5.57. The molecule has 0 bridgehead atoms. The fourth-order valence-electron chi connectivity index (χ4n) is 3.26. The molecule has 2 aliphatic rings. The third kappa shape index (κ3) is 1.08. The monoisotopic (exact) mass is 187 g/mol.